The summed E-state index contributed by atoms with van der Waals surface area (Å²) in [5.74, 6) is 0.893. The molecule has 3 aromatic rings. The minimum absolute atomic E-state index is 0.585. The molecule has 1 aromatic carbocycles. The molecule has 0 unspecified atom stereocenters. The number of fused-ring (bicyclic) bond motifs is 1. The van der Waals surface area contributed by atoms with Gasteiger partial charge in [0.05, 0.1) is 23.7 Å². The molecule has 3 nitrogen and oxygen atoms in total. The van der Waals surface area contributed by atoms with E-state index in [4.69, 9.17) is 4.74 Å². The Morgan fingerprint density at radius 3 is 2.78 bits per heavy atom. The average Bonchev–Trinajstić information content (AvgIpc) is 2.88. The molecule has 3 heteroatoms. The third-order valence-corrected chi connectivity index (χ3v) is 3.03. The Morgan fingerprint density at radius 1 is 1.11 bits per heavy atom. The minimum atomic E-state index is 0.585. The lowest BCUT2D eigenvalue weighted by molar-refractivity contribution is 0.302. The number of aryl methyl sites for hydroxylation is 1. The Bertz CT molecular complexity index is 659. The van der Waals surface area contributed by atoms with E-state index in [2.05, 4.69) is 17.1 Å². The van der Waals surface area contributed by atoms with Crippen LogP contribution >= 0.6 is 0 Å². The summed E-state index contributed by atoms with van der Waals surface area (Å²) in [6.45, 7) is 2.62. The van der Waals surface area contributed by atoms with Gasteiger partial charge >= 0.3 is 0 Å². The van der Waals surface area contributed by atoms with Gasteiger partial charge in [-0.05, 0) is 24.6 Å². The molecule has 0 aliphatic rings. The highest BCUT2D eigenvalue weighted by atomic mass is 16.5. The minimum Gasteiger partial charge on any atom is -0.487 e. The van der Waals surface area contributed by atoms with Crippen LogP contribution in [0.1, 0.15) is 11.3 Å². The number of benzene rings is 1. The van der Waals surface area contributed by atoms with Crippen LogP contribution in [0.3, 0.4) is 0 Å². The molecule has 3 rings (SSSR count). The molecule has 0 saturated heterocycles. The van der Waals surface area contributed by atoms with Crippen LogP contribution in [-0.2, 0) is 6.61 Å². The lowest BCUT2D eigenvalue weighted by Gasteiger charge is -2.10. The van der Waals surface area contributed by atoms with Gasteiger partial charge in [-0.15, -0.1) is 0 Å². The molecule has 0 atom stereocenters. The van der Waals surface area contributed by atoms with Gasteiger partial charge in [0.15, 0.2) is 0 Å². The van der Waals surface area contributed by atoms with E-state index in [0.29, 0.717) is 6.61 Å². The van der Waals surface area contributed by atoms with E-state index in [1.807, 2.05) is 47.9 Å². The van der Waals surface area contributed by atoms with Crippen LogP contribution in [0.5, 0.6) is 5.75 Å². The molecule has 2 heterocycles. The number of hydrogen-bond acceptors (Lipinski definition) is 2. The monoisotopic (exact) mass is 238 g/mol. The molecule has 0 aliphatic carbocycles. The zero-order valence-corrected chi connectivity index (χ0v) is 10.2. The number of nitrogens with zero attached hydrogens (tertiary/aromatic N) is 2. The predicted molar refractivity (Wildman–Crippen MR) is 70.7 cm³/mol. The molecule has 0 bridgehead atoms. The van der Waals surface area contributed by atoms with E-state index in [9.17, 15) is 0 Å². The summed E-state index contributed by atoms with van der Waals surface area (Å²) in [4.78, 5) is 4.13. The molecule has 0 spiro atoms. The van der Waals surface area contributed by atoms with Gasteiger partial charge in [0.2, 0.25) is 0 Å². The van der Waals surface area contributed by atoms with Crippen molar-refractivity contribution in [3.05, 3.63) is 66.2 Å². The van der Waals surface area contributed by atoms with Crippen LogP contribution in [0.15, 0.2) is 55.0 Å². The summed E-state index contributed by atoms with van der Waals surface area (Å²) < 4.78 is 7.88. The second-order valence-corrected chi connectivity index (χ2v) is 4.25. The van der Waals surface area contributed by atoms with E-state index >= 15 is 0 Å². The maximum atomic E-state index is 5.85. The summed E-state index contributed by atoms with van der Waals surface area (Å²) in [7, 11) is 0. The maximum absolute atomic E-state index is 5.85. The molecule has 90 valence electrons. The molecule has 18 heavy (non-hydrogen) atoms. The van der Waals surface area contributed by atoms with Gasteiger partial charge in [0.1, 0.15) is 12.4 Å². The summed E-state index contributed by atoms with van der Waals surface area (Å²) in [5.41, 5.74) is 3.32. The number of imidazole rings is 1. The highest BCUT2D eigenvalue weighted by molar-refractivity contribution is 5.49. The van der Waals surface area contributed by atoms with Crippen molar-refractivity contribution in [2.75, 3.05) is 0 Å². The van der Waals surface area contributed by atoms with Crippen LogP contribution in [0.4, 0.5) is 0 Å². The van der Waals surface area contributed by atoms with Gasteiger partial charge in [-0.3, -0.25) is 4.40 Å². The van der Waals surface area contributed by atoms with Crippen molar-refractivity contribution in [1.29, 1.82) is 0 Å². The topological polar surface area (TPSA) is 26.5 Å². The second-order valence-electron chi connectivity index (χ2n) is 4.25. The number of hydrogen-bond donors (Lipinski definition) is 0. The third-order valence-electron chi connectivity index (χ3n) is 3.03. The molecule has 0 radical (unpaired) electrons. The maximum Gasteiger partial charge on any atom is 0.139 e. The quantitative estimate of drug-likeness (QED) is 0.700. The van der Waals surface area contributed by atoms with Crippen molar-refractivity contribution in [1.82, 2.24) is 9.38 Å². The second kappa shape index (κ2) is 4.53. The van der Waals surface area contributed by atoms with Gasteiger partial charge in [-0.1, -0.05) is 30.3 Å². The zero-order chi connectivity index (χ0) is 12.4. The smallest absolute Gasteiger partial charge is 0.139 e. The van der Waals surface area contributed by atoms with Crippen LogP contribution < -0.4 is 4.74 Å². The first kappa shape index (κ1) is 10.8. The normalized spacial score (nSPS) is 10.7. The Morgan fingerprint density at radius 2 is 1.94 bits per heavy atom. The molecule has 0 fully saturated rings. The predicted octanol–water partition coefficient (Wildman–Crippen LogP) is 3.22. The Labute approximate surface area is 106 Å². The molecular formula is C15H14N2O. The molecule has 2 aromatic heterocycles. The number of aromatic nitrogens is 2. The average molecular weight is 238 g/mol. The first-order chi connectivity index (χ1) is 8.84. The Balaban J connectivity index is 1.84. The number of rotatable bonds is 3. The SMILES string of the molecule is Cc1c(OCc2ccccc2)ccc2cncn12. The summed E-state index contributed by atoms with van der Waals surface area (Å²) >= 11 is 0. The van der Waals surface area contributed by atoms with Gasteiger partial charge < -0.3 is 4.74 Å². The zero-order valence-electron chi connectivity index (χ0n) is 10.2. The van der Waals surface area contributed by atoms with Crippen molar-refractivity contribution in [3.63, 3.8) is 0 Å². The van der Waals surface area contributed by atoms with Crippen LogP contribution in [0.25, 0.3) is 5.52 Å². The van der Waals surface area contributed by atoms with E-state index in [1.165, 1.54) is 5.56 Å². The fourth-order valence-corrected chi connectivity index (χ4v) is 2.00. The Hall–Kier alpha value is -2.29. The van der Waals surface area contributed by atoms with Crippen molar-refractivity contribution in [2.24, 2.45) is 0 Å². The Kier molecular flexibility index (Phi) is 2.73. The van der Waals surface area contributed by atoms with Crippen molar-refractivity contribution in [2.45, 2.75) is 13.5 Å². The lowest BCUT2D eigenvalue weighted by Crippen LogP contribution is -1.99. The number of pyridine rings is 1. The third kappa shape index (κ3) is 1.95. The molecule has 0 saturated carbocycles. The van der Waals surface area contributed by atoms with E-state index < -0.39 is 0 Å². The van der Waals surface area contributed by atoms with Gasteiger partial charge in [0, 0.05) is 0 Å². The standard InChI is InChI=1S/C15H14N2O/c1-12-15(8-7-14-9-16-11-17(12)14)18-10-13-5-3-2-4-6-13/h2-9,11H,10H2,1H3. The summed E-state index contributed by atoms with van der Waals surface area (Å²) in [5, 5.41) is 0. The van der Waals surface area contributed by atoms with E-state index in [1.54, 1.807) is 6.33 Å². The van der Waals surface area contributed by atoms with Crippen LogP contribution in [-0.4, -0.2) is 9.38 Å². The van der Waals surface area contributed by atoms with Crippen molar-refractivity contribution < 1.29 is 4.74 Å². The van der Waals surface area contributed by atoms with Crippen LogP contribution in [0.2, 0.25) is 0 Å². The molecule has 0 aliphatic heterocycles. The van der Waals surface area contributed by atoms with Gasteiger partial charge in [-0.25, -0.2) is 4.98 Å². The van der Waals surface area contributed by atoms with Gasteiger partial charge in [0.25, 0.3) is 0 Å². The highest BCUT2D eigenvalue weighted by Crippen LogP contribution is 2.20. The number of ether oxygens (including phenoxy) is 1. The lowest BCUT2D eigenvalue weighted by atomic mass is 10.2. The van der Waals surface area contributed by atoms with Crippen LogP contribution in [0, 0.1) is 6.92 Å². The molecule has 0 amide bonds. The largest absolute Gasteiger partial charge is 0.487 e. The van der Waals surface area contributed by atoms with Gasteiger partial charge in [-0.2, -0.15) is 0 Å². The summed E-state index contributed by atoms with van der Waals surface area (Å²) in [6.07, 6.45) is 3.65. The fraction of sp³-hybridized carbons (Fsp3) is 0.133. The molecule has 0 N–H and O–H groups in total. The fourth-order valence-electron chi connectivity index (χ4n) is 2.00. The van der Waals surface area contributed by atoms with Crippen molar-refractivity contribution >= 4 is 5.52 Å². The van der Waals surface area contributed by atoms with Crippen molar-refractivity contribution in [3.8, 4) is 5.75 Å². The summed E-state index contributed by atoms with van der Waals surface area (Å²) in [6, 6.07) is 14.2. The first-order valence-corrected chi connectivity index (χ1v) is 5.93. The first-order valence-electron chi connectivity index (χ1n) is 5.93. The van der Waals surface area contributed by atoms with E-state index in [-0.39, 0.29) is 0 Å². The van der Waals surface area contributed by atoms with E-state index in [0.717, 1.165) is 17.0 Å². The highest BCUT2D eigenvalue weighted by Gasteiger charge is 2.04. The molecular weight excluding hydrogens is 224 g/mol.